The highest BCUT2D eigenvalue weighted by Gasteiger charge is 2.28. The maximum Gasteiger partial charge on any atom is 0.249 e. The zero-order chi connectivity index (χ0) is 41.7. The van der Waals surface area contributed by atoms with Crippen LogP contribution in [0.5, 0.6) is 0 Å². The predicted molar refractivity (Wildman–Crippen MR) is 247 cm³/mol. The molecule has 1 amide bonds. The number of hydrogen-bond donors (Lipinski definition) is 5. The van der Waals surface area contributed by atoms with Crippen LogP contribution >= 0.6 is 0 Å². The van der Waals surface area contributed by atoms with Crippen LogP contribution in [0, 0.1) is 0 Å². The zero-order valence-corrected chi connectivity index (χ0v) is 38.1. The second kappa shape index (κ2) is 45.9. The fourth-order valence-corrected chi connectivity index (χ4v) is 7.91. The highest BCUT2D eigenvalue weighted by Crippen LogP contribution is 2.17. The minimum atomic E-state index is -1.26. The van der Waals surface area contributed by atoms with Crippen molar-refractivity contribution in [2.75, 3.05) is 6.61 Å². The van der Waals surface area contributed by atoms with E-state index < -0.39 is 36.9 Å². The molecule has 0 aromatic heterocycles. The average molecular weight is 806 g/mol. The maximum absolute atomic E-state index is 12.5. The van der Waals surface area contributed by atoms with Gasteiger partial charge in [0.15, 0.2) is 0 Å². The Labute approximate surface area is 354 Å². The molecule has 0 spiro atoms. The molecule has 0 aliphatic heterocycles. The first kappa shape index (κ1) is 55.8. The van der Waals surface area contributed by atoms with Crippen molar-refractivity contribution in [3.05, 3.63) is 24.3 Å². The molecule has 0 aromatic carbocycles. The Morgan fingerprint density at radius 2 is 0.754 bits per heavy atom. The van der Waals surface area contributed by atoms with Crippen LogP contribution in [0.15, 0.2) is 24.3 Å². The summed E-state index contributed by atoms with van der Waals surface area (Å²) in [6.07, 6.45) is 53.7. The molecule has 0 aliphatic rings. The second-order valence-electron chi connectivity index (χ2n) is 17.5. The van der Waals surface area contributed by atoms with Crippen LogP contribution in [0.3, 0.4) is 0 Å². The van der Waals surface area contributed by atoms with Gasteiger partial charge < -0.3 is 25.7 Å². The number of nitrogens with one attached hydrogen (secondary N) is 1. The van der Waals surface area contributed by atoms with Crippen LogP contribution in [0.2, 0.25) is 0 Å². The molecule has 4 unspecified atom stereocenters. The highest BCUT2D eigenvalue weighted by molar-refractivity contribution is 5.80. The Bertz CT molecular complexity index is 863. The van der Waals surface area contributed by atoms with Crippen molar-refractivity contribution in [2.24, 2.45) is 0 Å². The molecule has 0 saturated carbocycles. The van der Waals surface area contributed by atoms with E-state index in [4.69, 9.17) is 0 Å². The lowest BCUT2D eigenvalue weighted by Crippen LogP contribution is -2.53. The number of aliphatic hydroxyl groups excluding tert-OH is 4. The number of aliphatic hydroxyl groups is 4. The molecule has 5 N–H and O–H groups in total. The fourth-order valence-electron chi connectivity index (χ4n) is 7.91. The van der Waals surface area contributed by atoms with Gasteiger partial charge in [-0.15, -0.1) is 0 Å². The normalized spacial score (nSPS) is 14.1. The van der Waals surface area contributed by atoms with Crippen molar-refractivity contribution in [3.8, 4) is 0 Å². The molecule has 6 heteroatoms. The maximum atomic E-state index is 12.5. The van der Waals surface area contributed by atoms with Gasteiger partial charge in [-0.25, -0.2) is 0 Å². The summed E-state index contributed by atoms with van der Waals surface area (Å²) >= 11 is 0. The van der Waals surface area contributed by atoms with Crippen molar-refractivity contribution < 1.29 is 25.2 Å². The molecular formula is C51H99NO5. The van der Waals surface area contributed by atoms with Crippen LogP contribution in [-0.2, 0) is 4.79 Å². The highest BCUT2D eigenvalue weighted by atomic mass is 16.3. The first-order valence-electron chi connectivity index (χ1n) is 25.2. The minimum Gasteiger partial charge on any atom is -0.394 e. The third kappa shape index (κ3) is 40.0. The number of allylic oxidation sites excluding steroid dienone is 4. The quantitative estimate of drug-likeness (QED) is 0.0311. The summed E-state index contributed by atoms with van der Waals surface area (Å²) in [6, 6.07) is -0.984. The van der Waals surface area contributed by atoms with E-state index in [1.165, 1.54) is 193 Å². The zero-order valence-electron chi connectivity index (χ0n) is 38.1. The predicted octanol–water partition coefficient (Wildman–Crippen LogP) is 13.9. The van der Waals surface area contributed by atoms with E-state index >= 15 is 0 Å². The van der Waals surface area contributed by atoms with Gasteiger partial charge in [-0.1, -0.05) is 244 Å². The van der Waals surface area contributed by atoms with Crippen molar-refractivity contribution in [3.63, 3.8) is 0 Å². The van der Waals surface area contributed by atoms with Gasteiger partial charge in [0.05, 0.1) is 18.8 Å². The molecule has 0 aliphatic carbocycles. The Kier molecular flexibility index (Phi) is 44.9. The summed E-state index contributed by atoms with van der Waals surface area (Å²) in [6.45, 7) is 4.06. The topological polar surface area (TPSA) is 110 Å². The van der Waals surface area contributed by atoms with E-state index in [-0.39, 0.29) is 0 Å². The monoisotopic (exact) mass is 806 g/mol. The summed E-state index contributed by atoms with van der Waals surface area (Å²) in [5.74, 6) is -0.583. The van der Waals surface area contributed by atoms with Crippen molar-refractivity contribution in [1.29, 1.82) is 0 Å². The molecule has 0 fully saturated rings. The molecule has 0 saturated heterocycles. The van der Waals surface area contributed by atoms with E-state index in [0.29, 0.717) is 12.8 Å². The second-order valence-corrected chi connectivity index (χ2v) is 17.5. The molecule has 0 aromatic rings. The third-order valence-corrected chi connectivity index (χ3v) is 11.9. The number of amides is 1. The van der Waals surface area contributed by atoms with E-state index in [2.05, 4.69) is 43.5 Å². The lowest BCUT2D eigenvalue weighted by molar-refractivity contribution is -0.132. The molecule has 0 radical (unpaired) electrons. The molecule has 0 bridgehead atoms. The lowest BCUT2D eigenvalue weighted by Gasteiger charge is -2.27. The van der Waals surface area contributed by atoms with E-state index in [9.17, 15) is 25.2 Å². The van der Waals surface area contributed by atoms with Gasteiger partial charge in [-0.3, -0.25) is 4.79 Å². The van der Waals surface area contributed by atoms with Crippen LogP contribution in [-0.4, -0.2) is 57.3 Å². The smallest absolute Gasteiger partial charge is 0.249 e. The fraction of sp³-hybridized carbons (Fsp3) is 0.902. The summed E-state index contributed by atoms with van der Waals surface area (Å²) in [5.41, 5.74) is 0. The van der Waals surface area contributed by atoms with Gasteiger partial charge in [0.2, 0.25) is 5.91 Å². The Balaban J connectivity index is 3.63. The largest absolute Gasteiger partial charge is 0.394 e. The minimum absolute atomic E-state index is 0.369. The average Bonchev–Trinajstić information content (AvgIpc) is 3.22. The van der Waals surface area contributed by atoms with Gasteiger partial charge in [-0.2, -0.15) is 0 Å². The first-order chi connectivity index (χ1) is 28.0. The van der Waals surface area contributed by atoms with Gasteiger partial charge in [-0.05, 0) is 44.9 Å². The van der Waals surface area contributed by atoms with Gasteiger partial charge >= 0.3 is 0 Å². The molecule has 0 rings (SSSR count). The standard InChI is InChI=1S/C51H99NO5/c1-3-5-7-9-11-13-15-17-18-19-20-21-22-23-24-25-26-27-28-29-30-31-33-35-37-39-41-43-45-49(55)51(57)52-47(46-53)50(56)48(54)44-42-40-38-36-34-32-16-14-12-10-8-6-4-2/h20-21,23-24,47-50,53-56H,3-19,22,25-46H2,1-2H3,(H,52,57)/b21-20-,24-23-. The Morgan fingerprint density at radius 1 is 0.439 bits per heavy atom. The molecule has 6 nitrogen and oxygen atoms in total. The Hall–Kier alpha value is -1.21. The van der Waals surface area contributed by atoms with Crippen molar-refractivity contribution in [2.45, 2.75) is 289 Å². The summed E-state index contributed by atoms with van der Waals surface area (Å²) in [4.78, 5) is 12.5. The lowest BCUT2D eigenvalue weighted by atomic mass is 9.99. The van der Waals surface area contributed by atoms with Gasteiger partial charge in [0.25, 0.3) is 0 Å². The number of carbonyl (C=O) groups excluding carboxylic acids is 1. The van der Waals surface area contributed by atoms with Crippen LogP contribution in [0.4, 0.5) is 0 Å². The van der Waals surface area contributed by atoms with Crippen LogP contribution in [0.25, 0.3) is 0 Å². The number of unbranched alkanes of at least 4 members (excludes halogenated alkanes) is 33. The van der Waals surface area contributed by atoms with E-state index in [1.54, 1.807) is 0 Å². The van der Waals surface area contributed by atoms with E-state index in [0.717, 1.165) is 44.9 Å². The number of carbonyl (C=O) groups is 1. The molecule has 338 valence electrons. The van der Waals surface area contributed by atoms with Gasteiger partial charge in [0, 0.05) is 0 Å². The Morgan fingerprint density at radius 3 is 1.11 bits per heavy atom. The number of hydrogen-bond acceptors (Lipinski definition) is 5. The number of rotatable bonds is 46. The summed E-state index contributed by atoms with van der Waals surface area (Å²) < 4.78 is 0. The molecule has 0 heterocycles. The third-order valence-electron chi connectivity index (χ3n) is 11.9. The van der Waals surface area contributed by atoms with Crippen molar-refractivity contribution in [1.82, 2.24) is 5.32 Å². The molecular weight excluding hydrogens is 707 g/mol. The van der Waals surface area contributed by atoms with Crippen LogP contribution in [0.1, 0.15) is 264 Å². The van der Waals surface area contributed by atoms with Gasteiger partial charge in [0.1, 0.15) is 12.2 Å². The SMILES string of the molecule is CCCCCCCCCCC/C=C\C/C=C\CCCCCCCCCCCCCCC(O)C(=O)NC(CO)C(O)C(O)CCCCCCCCCCCCCCC. The first-order valence-corrected chi connectivity index (χ1v) is 25.2. The van der Waals surface area contributed by atoms with E-state index in [1.807, 2.05) is 0 Å². The summed E-state index contributed by atoms with van der Waals surface area (Å²) in [5, 5.41) is 43.8. The van der Waals surface area contributed by atoms with Crippen molar-refractivity contribution >= 4 is 5.91 Å². The molecule has 4 atom stereocenters. The van der Waals surface area contributed by atoms with Crippen LogP contribution < -0.4 is 5.32 Å². The molecule has 57 heavy (non-hydrogen) atoms. The summed E-state index contributed by atoms with van der Waals surface area (Å²) in [7, 11) is 0.